The monoisotopic (exact) mass is 523 g/mol. The van der Waals surface area contributed by atoms with Crippen LogP contribution in [-0.4, -0.2) is 53.6 Å². The maximum absolute atomic E-state index is 9.83. The average molecular weight is 524 g/mol. The van der Waals surface area contributed by atoms with Crippen molar-refractivity contribution in [2.24, 2.45) is 0 Å². The van der Waals surface area contributed by atoms with Crippen molar-refractivity contribution < 1.29 is 18.9 Å². The highest BCUT2D eigenvalue weighted by Crippen LogP contribution is 2.36. The molecule has 9 heteroatoms. The van der Waals surface area contributed by atoms with Crippen molar-refractivity contribution in [3.8, 4) is 29.1 Å². The molecule has 0 radical (unpaired) electrons. The van der Waals surface area contributed by atoms with Crippen LogP contribution in [0.2, 0.25) is 0 Å². The van der Waals surface area contributed by atoms with Gasteiger partial charge in [0.05, 0.1) is 43.3 Å². The Bertz CT molecular complexity index is 1500. The van der Waals surface area contributed by atoms with Gasteiger partial charge >= 0.3 is 0 Å². The highest BCUT2D eigenvalue weighted by atomic mass is 16.5. The van der Waals surface area contributed by atoms with E-state index >= 15 is 0 Å². The zero-order valence-electron chi connectivity index (χ0n) is 21.6. The predicted octanol–water partition coefficient (Wildman–Crippen LogP) is 5.07. The Balaban J connectivity index is 1.25. The molecule has 1 atom stereocenters. The van der Waals surface area contributed by atoms with Crippen LogP contribution in [0.4, 0.5) is 0 Å². The van der Waals surface area contributed by atoms with Crippen molar-refractivity contribution in [1.82, 2.24) is 15.0 Å². The number of benzene rings is 1. The van der Waals surface area contributed by atoms with E-state index in [1.54, 1.807) is 0 Å². The van der Waals surface area contributed by atoms with Gasteiger partial charge in [-0.3, -0.25) is 0 Å². The van der Waals surface area contributed by atoms with Gasteiger partial charge in [0.2, 0.25) is 0 Å². The van der Waals surface area contributed by atoms with Crippen molar-refractivity contribution in [1.29, 1.82) is 10.5 Å². The number of fused-ring (bicyclic) bond motifs is 1. The molecule has 0 amide bonds. The first-order valence-electron chi connectivity index (χ1n) is 13.4. The zero-order chi connectivity index (χ0) is 26.6. The molecule has 2 aromatic heterocycles. The Morgan fingerprint density at radius 1 is 0.897 bits per heavy atom. The van der Waals surface area contributed by atoms with Gasteiger partial charge < -0.3 is 23.9 Å². The molecule has 0 bridgehead atoms. The van der Waals surface area contributed by atoms with Crippen LogP contribution in [-0.2, 0) is 14.2 Å². The summed E-state index contributed by atoms with van der Waals surface area (Å²) in [6, 6.07) is 12.2. The molecule has 0 saturated carbocycles. The van der Waals surface area contributed by atoms with Crippen LogP contribution < -0.4 is 4.74 Å². The summed E-state index contributed by atoms with van der Waals surface area (Å²) >= 11 is 0. The number of nitrogens with one attached hydrogen (secondary N) is 1. The molecule has 9 nitrogen and oxygen atoms in total. The number of ether oxygens (including phenoxy) is 4. The van der Waals surface area contributed by atoms with Crippen molar-refractivity contribution in [2.75, 3.05) is 26.4 Å². The summed E-state index contributed by atoms with van der Waals surface area (Å²) in [5.41, 5.74) is 4.21. The molecule has 6 rings (SSSR count). The minimum atomic E-state index is -0.0198. The number of hydrogen-bond donors (Lipinski definition) is 1. The molecule has 3 aromatic rings. The van der Waals surface area contributed by atoms with Crippen LogP contribution in [0.5, 0.6) is 5.75 Å². The van der Waals surface area contributed by atoms with Crippen molar-refractivity contribution >= 4 is 11.0 Å². The molecule has 2 saturated heterocycles. The molecule has 198 valence electrons. The van der Waals surface area contributed by atoms with Gasteiger partial charge in [-0.1, -0.05) is 6.08 Å². The Morgan fingerprint density at radius 2 is 1.64 bits per heavy atom. The van der Waals surface area contributed by atoms with Crippen LogP contribution in [0.15, 0.2) is 54.1 Å². The van der Waals surface area contributed by atoms with Crippen molar-refractivity contribution in [2.45, 2.75) is 50.2 Å². The largest absolute Gasteiger partial charge is 0.489 e. The first kappa shape index (κ1) is 25.1. The van der Waals surface area contributed by atoms with Gasteiger partial charge in [0.25, 0.3) is 0 Å². The van der Waals surface area contributed by atoms with Crippen LogP contribution in [0.1, 0.15) is 49.3 Å². The Labute approximate surface area is 226 Å². The minimum Gasteiger partial charge on any atom is -0.489 e. The second-order valence-electron chi connectivity index (χ2n) is 9.99. The Hall–Kier alpha value is -4.18. The van der Waals surface area contributed by atoms with Gasteiger partial charge in [-0.15, -0.1) is 0 Å². The lowest BCUT2D eigenvalue weighted by Crippen LogP contribution is -2.26. The molecule has 3 aliphatic rings. The minimum absolute atomic E-state index is 0.0198. The van der Waals surface area contributed by atoms with Crippen LogP contribution in [0.25, 0.3) is 22.3 Å². The third-order valence-electron chi connectivity index (χ3n) is 7.45. The second kappa shape index (κ2) is 11.3. The molecular weight excluding hydrogens is 494 g/mol. The van der Waals surface area contributed by atoms with Crippen molar-refractivity contribution in [3.05, 3.63) is 65.3 Å². The SMILES string of the molecule is N#CC1=CC(c2cc3c(-c4ccc(OC5CCOCC5)c(C#N)c4)ncnc3[nH]2)CC=C1OC1CCOCC1. The van der Waals surface area contributed by atoms with E-state index in [0.717, 1.165) is 48.0 Å². The highest BCUT2D eigenvalue weighted by molar-refractivity contribution is 5.91. The van der Waals surface area contributed by atoms with E-state index in [-0.39, 0.29) is 18.1 Å². The summed E-state index contributed by atoms with van der Waals surface area (Å²) < 4.78 is 23.1. The van der Waals surface area contributed by atoms with E-state index in [2.05, 4.69) is 27.1 Å². The smallest absolute Gasteiger partial charge is 0.141 e. The van der Waals surface area contributed by atoms with Crippen LogP contribution in [0.3, 0.4) is 0 Å². The maximum Gasteiger partial charge on any atom is 0.141 e. The predicted molar refractivity (Wildman–Crippen MR) is 143 cm³/mol. The first-order chi connectivity index (χ1) is 19.2. The van der Waals surface area contributed by atoms with E-state index in [0.29, 0.717) is 61.1 Å². The van der Waals surface area contributed by atoms with Crippen molar-refractivity contribution in [3.63, 3.8) is 0 Å². The number of nitrogens with zero attached hydrogens (tertiary/aromatic N) is 4. The summed E-state index contributed by atoms with van der Waals surface area (Å²) in [7, 11) is 0. The molecule has 39 heavy (non-hydrogen) atoms. The van der Waals surface area contributed by atoms with E-state index < -0.39 is 0 Å². The molecule has 1 N–H and O–H groups in total. The fraction of sp³-hybridized carbons (Fsp3) is 0.400. The van der Waals surface area contributed by atoms with Gasteiger partial charge in [-0.05, 0) is 36.8 Å². The van der Waals surface area contributed by atoms with Crippen LogP contribution in [0, 0.1) is 22.7 Å². The number of hydrogen-bond acceptors (Lipinski definition) is 8. The molecule has 1 aliphatic carbocycles. The third-order valence-corrected chi connectivity index (χ3v) is 7.45. The number of allylic oxidation sites excluding steroid dienone is 3. The number of aromatic nitrogens is 3. The van der Waals surface area contributed by atoms with E-state index in [1.807, 2.05) is 36.4 Å². The third kappa shape index (κ3) is 5.37. The van der Waals surface area contributed by atoms with Gasteiger partial charge in [0, 0.05) is 48.2 Å². The molecule has 1 unspecified atom stereocenters. The molecule has 1 aromatic carbocycles. The highest BCUT2D eigenvalue weighted by Gasteiger charge is 2.24. The van der Waals surface area contributed by atoms with Gasteiger partial charge in [-0.2, -0.15) is 10.5 Å². The number of H-pyrrole nitrogens is 1. The van der Waals surface area contributed by atoms with Crippen LogP contribution >= 0.6 is 0 Å². The number of nitriles is 2. The quantitative estimate of drug-likeness (QED) is 0.475. The first-order valence-corrected chi connectivity index (χ1v) is 13.4. The van der Waals surface area contributed by atoms with Gasteiger partial charge in [0.1, 0.15) is 47.8 Å². The second-order valence-corrected chi connectivity index (χ2v) is 9.99. The Kier molecular flexibility index (Phi) is 7.27. The molecule has 4 heterocycles. The van der Waals surface area contributed by atoms with E-state index in [4.69, 9.17) is 18.9 Å². The summed E-state index contributed by atoms with van der Waals surface area (Å²) in [5, 5.41) is 20.5. The maximum atomic E-state index is 9.83. The summed E-state index contributed by atoms with van der Waals surface area (Å²) in [5.74, 6) is 1.22. The lowest BCUT2D eigenvalue weighted by Gasteiger charge is -2.26. The topological polar surface area (TPSA) is 126 Å². The lowest BCUT2D eigenvalue weighted by atomic mass is 9.92. The Morgan fingerprint density at radius 3 is 2.36 bits per heavy atom. The summed E-state index contributed by atoms with van der Waals surface area (Å²) in [6.45, 7) is 2.72. The molecule has 2 aliphatic heterocycles. The molecule has 0 spiro atoms. The fourth-order valence-electron chi connectivity index (χ4n) is 5.32. The number of aromatic amines is 1. The normalized spacial score (nSPS) is 20.5. The fourth-order valence-corrected chi connectivity index (χ4v) is 5.32. The lowest BCUT2D eigenvalue weighted by molar-refractivity contribution is -0.00185. The van der Waals surface area contributed by atoms with Gasteiger partial charge in [-0.25, -0.2) is 9.97 Å². The van der Waals surface area contributed by atoms with E-state index in [9.17, 15) is 10.5 Å². The molecular formula is C30H29N5O4. The average Bonchev–Trinajstić information content (AvgIpc) is 3.43. The standard InChI is InChI=1S/C30H29N5O4/c31-16-21-13-19(1-3-27(21)38-23-5-9-36-10-6-23)26-15-25-29(33-18-34-30(25)35-26)20-2-4-28(22(14-20)17-32)39-24-7-11-37-12-8-24/h2-4,13-15,18-19,23-24H,1,5-12H2,(H,33,34,35). The number of rotatable bonds is 6. The van der Waals surface area contributed by atoms with Gasteiger partial charge in [0.15, 0.2) is 0 Å². The molecule has 2 fully saturated rings. The zero-order valence-corrected chi connectivity index (χ0v) is 21.6. The summed E-state index contributed by atoms with van der Waals surface area (Å²) in [4.78, 5) is 12.4. The summed E-state index contributed by atoms with van der Waals surface area (Å²) in [6.07, 6.45) is 9.61. The van der Waals surface area contributed by atoms with E-state index in [1.165, 1.54) is 6.33 Å².